The number of aromatic nitrogens is 7. The quantitative estimate of drug-likeness (QED) is 0.356. The van der Waals surface area contributed by atoms with Crippen LogP contribution in [0.25, 0.3) is 22.1 Å². The van der Waals surface area contributed by atoms with E-state index in [2.05, 4.69) is 85.3 Å². The van der Waals surface area contributed by atoms with Gasteiger partial charge in [0.05, 0.1) is 16.9 Å². The molecule has 0 atom stereocenters. The van der Waals surface area contributed by atoms with Gasteiger partial charge in [-0.25, -0.2) is 34.9 Å². The Labute approximate surface area is 208 Å². The Morgan fingerprint density at radius 1 is 0.486 bits per heavy atom. The molecule has 0 spiro atoms. The molecule has 0 amide bonds. The minimum Gasteiger partial charge on any atom is -0.382 e. The van der Waals surface area contributed by atoms with Crippen molar-refractivity contribution in [3.05, 3.63) is 45.7 Å². The molecule has 4 rings (SSSR count). The molecular weight excluding hydrogens is 436 g/mol. The van der Waals surface area contributed by atoms with Crippen molar-refractivity contribution in [1.82, 2.24) is 34.9 Å². The maximum Gasteiger partial charge on any atom is 0.153 e. The monoisotopic (exact) mass is 474 g/mol. The second-order valence-corrected chi connectivity index (χ2v) is 11.2. The fraction of sp³-hybridized carbons (Fsp3) is 0.519. The van der Waals surface area contributed by atoms with Crippen molar-refractivity contribution in [1.29, 1.82) is 0 Å². The number of nitrogen functional groups attached to an aromatic ring is 1. The van der Waals surface area contributed by atoms with Gasteiger partial charge in [0.2, 0.25) is 0 Å². The second-order valence-electron chi connectivity index (χ2n) is 11.2. The molecule has 186 valence electrons. The molecule has 0 radical (unpaired) electrons. The van der Waals surface area contributed by atoms with Gasteiger partial charge in [-0.3, -0.25) is 0 Å². The number of aryl methyl sites for hydroxylation is 5. The molecule has 0 bridgehead atoms. The zero-order chi connectivity index (χ0) is 26.5. The molecule has 0 saturated heterocycles. The van der Waals surface area contributed by atoms with Crippen molar-refractivity contribution in [2.75, 3.05) is 5.73 Å². The van der Waals surface area contributed by atoms with Crippen LogP contribution in [-0.4, -0.2) is 34.9 Å². The summed E-state index contributed by atoms with van der Waals surface area (Å²) in [5, 5.41) is 0. The van der Waals surface area contributed by atoms with Gasteiger partial charge in [-0.05, 0) is 52.7 Å². The first-order chi connectivity index (χ1) is 16.0. The highest BCUT2D eigenvalue weighted by Crippen LogP contribution is 2.30. The molecule has 4 heterocycles. The summed E-state index contributed by atoms with van der Waals surface area (Å²) in [7, 11) is 0. The van der Waals surface area contributed by atoms with Crippen LogP contribution in [-0.2, 0) is 10.8 Å². The van der Waals surface area contributed by atoms with Crippen LogP contribution in [0.15, 0.2) is 0 Å². The molecule has 0 unspecified atom stereocenters. The Balaban J connectivity index is 0.000000196. The summed E-state index contributed by atoms with van der Waals surface area (Å²) in [6.45, 7) is 24.7. The lowest BCUT2D eigenvalue weighted by atomic mass is 9.87. The molecule has 0 aliphatic carbocycles. The molecule has 35 heavy (non-hydrogen) atoms. The third-order valence-electron chi connectivity index (χ3n) is 5.90. The van der Waals surface area contributed by atoms with E-state index in [9.17, 15) is 0 Å². The van der Waals surface area contributed by atoms with E-state index < -0.39 is 0 Å². The van der Waals surface area contributed by atoms with Crippen molar-refractivity contribution < 1.29 is 0 Å². The predicted octanol–water partition coefficient (Wildman–Crippen LogP) is 5.47. The zero-order valence-electron chi connectivity index (χ0n) is 23.2. The molecule has 4 aromatic heterocycles. The van der Waals surface area contributed by atoms with Crippen LogP contribution < -0.4 is 5.73 Å². The highest BCUT2D eigenvalue weighted by atomic mass is 15.0. The van der Waals surface area contributed by atoms with Gasteiger partial charge in [-0.1, -0.05) is 41.5 Å². The lowest BCUT2D eigenvalue weighted by Crippen LogP contribution is -2.17. The normalized spacial score (nSPS) is 12.1. The summed E-state index contributed by atoms with van der Waals surface area (Å²) in [5.41, 5.74) is 14.6. The molecule has 0 aliphatic rings. The predicted molar refractivity (Wildman–Crippen MR) is 143 cm³/mol. The molecule has 4 aromatic rings. The minimum atomic E-state index is -0.115. The smallest absolute Gasteiger partial charge is 0.153 e. The van der Waals surface area contributed by atoms with Crippen LogP contribution in [0, 0.1) is 41.5 Å². The lowest BCUT2D eigenvalue weighted by molar-refractivity contribution is 0.546. The number of pyridine rings is 1. The van der Waals surface area contributed by atoms with E-state index in [-0.39, 0.29) is 10.8 Å². The van der Waals surface area contributed by atoms with Crippen LogP contribution in [0.4, 0.5) is 5.82 Å². The van der Waals surface area contributed by atoms with E-state index in [4.69, 9.17) is 10.7 Å². The van der Waals surface area contributed by atoms with Crippen LogP contribution in [0.1, 0.15) is 87.2 Å². The number of nitrogens with zero attached hydrogens (tertiary/aromatic N) is 7. The fourth-order valence-corrected chi connectivity index (χ4v) is 4.01. The van der Waals surface area contributed by atoms with E-state index in [1.165, 1.54) is 11.1 Å². The van der Waals surface area contributed by atoms with E-state index in [1.54, 1.807) is 0 Å². The van der Waals surface area contributed by atoms with Gasteiger partial charge in [-0.2, -0.15) is 0 Å². The van der Waals surface area contributed by atoms with Crippen molar-refractivity contribution in [3.63, 3.8) is 0 Å². The Morgan fingerprint density at radius 2 is 1.00 bits per heavy atom. The molecule has 8 heteroatoms. The third-order valence-corrected chi connectivity index (χ3v) is 5.90. The molecule has 2 N–H and O–H groups in total. The van der Waals surface area contributed by atoms with Crippen LogP contribution in [0.5, 0.6) is 0 Å². The van der Waals surface area contributed by atoms with Gasteiger partial charge in [0.15, 0.2) is 5.82 Å². The van der Waals surface area contributed by atoms with Crippen LogP contribution in [0.2, 0.25) is 0 Å². The van der Waals surface area contributed by atoms with E-state index in [1.807, 2.05) is 27.7 Å². The third kappa shape index (κ3) is 5.36. The van der Waals surface area contributed by atoms with Crippen LogP contribution >= 0.6 is 0 Å². The van der Waals surface area contributed by atoms with E-state index in [0.717, 1.165) is 45.3 Å². The first-order valence-electron chi connectivity index (χ1n) is 11.9. The average molecular weight is 475 g/mol. The molecule has 8 nitrogen and oxygen atoms in total. The first-order valence-corrected chi connectivity index (χ1v) is 11.9. The molecule has 0 aliphatic heterocycles. The van der Waals surface area contributed by atoms with Gasteiger partial charge in [-0.15, -0.1) is 0 Å². The van der Waals surface area contributed by atoms with Gasteiger partial charge in [0.25, 0.3) is 0 Å². The van der Waals surface area contributed by atoms with Gasteiger partial charge in [0.1, 0.15) is 34.0 Å². The number of fused-ring (bicyclic) bond motifs is 2. The standard InChI is InChI=1S/C15H21N3.C12H17N5/c1-8-9(2)14(15(5,6)7)18-13-10(3)16-11(4)17-12(8)13;1-6-8-9(10(13)16-7(2)15-8)17-11(14-6)12(3,4)5/h1-7H3;1-5H3,(H2,13,15,16). The Bertz CT molecular complexity index is 1430. The summed E-state index contributed by atoms with van der Waals surface area (Å²) in [6, 6.07) is 0. The Kier molecular flexibility index (Phi) is 6.81. The molecule has 0 fully saturated rings. The lowest BCUT2D eigenvalue weighted by Gasteiger charge is -2.22. The molecule has 0 aromatic carbocycles. The maximum atomic E-state index is 5.90. The van der Waals surface area contributed by atoms with Gasteiger partial charge < -0.3 is 5.73 Å². The van der Waals surface area contributed by atoms with Gasteiger partial charge >= 0.3 is 0 Å². The number of rotatable bonds is 0. The SMILES string of the molecule is Cc1nc(C)c2nc(C(C)(C)C)c(C)c(C)c2n1.Cc1nc(N)c2nc(C(C)(C)C)nc(C)c2n1. The van der Waals surface area contributed by atoms with E-state index >= 15 is 0 Å². The summed E-state index contributed by atoms with van der Waals surface area (Å²) in [6.07, 6.45) is 0. The highest BCUT2D eigenvalue weighted by Gasteiger charge is 2.22. The number of hydrogen-bond donors (Lipinski definition) is 1. The van der Waals surface area contributed by atoms with Crippen molar-refractivity contribution in [3.8, 4) is 0 Å². The zero-order valence-corrected chi connectivity index (χ0v) is 23.2. The van der Waals surface area contributed by atoms with Crippen molar-refractivity contribution in [2.24, 2.45) is 0 Å². The van der Waals surface area contributed by atoms with E-state index in [0.29, 0.717) is 17.2 Å². The maximum absolute atomic E-state index is 5.90. The summed E-state index contributed by atoms with van der Waals surface area (Å²) in [5.74, 6) is 2.64. The number of nitrogens with two attached hydrogens (primary N) is 1. The summed E-state index contributed by atoms with van der Waals surface area (Å²) < 4.78 is 0. The minimum absolute atomic E-state index is 0.0420. The molecular formula is C27H38N8. The van der Waals surface area contributed by atoms with Crippen molar-refractivity contribution >= 4 is 27.9 Å². The number of anilines is 1. The second kappa shape index (κ2) is 9.06. The fourth-order valence-electron chi connectivity index (χ4n) is 4.01. The largest absolute Gasteiger partial charge is 0.382 e. The summed E-state index contributed by atoms with van der Waals surface area (Å²) >= 11 is 0. The van der Waals surface area contributed by atoms with Crippen LogP contribution in [0.3, 0.4) is 0 Å². The Morgan fingerprint density at radius 3 is 1.57 bits per heavy atom. The highest BCUT2D eigenvalue weighted by molar-refractivity contribution is 5.85. The Hall–Kier alpha value is -3.29. The summed E-state index contributed by atoms with van der Waals surface area (Å²) in [4.78, 5) is 31.3. The first kappa shape index (κ1) is 26.3. The average Bonchev–Trinajstić information content (AvgIpc) is 2.70. The van der Waals surface area contributed by atoms with Crippen molar-refractivity contribution in [2.45, 2.75) is 93.9 Å². The topological polar surface area (TPSA) is 116 Å². The molecule has 0 saturated carbocycles. The van der Waals surface area contributed by atoms with Gasteiger partial charge in [0, 0.05) is 16.5 Å². The number of hydrogen-bond acceptors (Lipinski definition) is 8.